The Kier molecular flexibility index (Phi) is 2.91. The molecule has 0 bridgehead atoms. The van der Waals surface area contributed by atoms with Crippen molar-refractivity contribution in [3.63, 3.8) is 0 Å². The Morgan fingerprint density at radius 3 is 2.19 bits per heavy atom. The average molecular weight is 344 g/mol. The van der Waals surface area contributed by atoms with Crippen LogP contribution in [0.15, 0.2) is 97.1 Å². The van der Waals surface area contributed by atoms with Gasteiger partial charge >= 0.3 is 0 Å². The van der Waals surface area contributed by atoms with Crippen LogP contribution in [0, 0.1) is 0 Å². The lowest BCUT2D eigenvalue weighted by Crippen LogP contribution is -1.98. The first kappa shape index (κ1) is 14.5. The molecule has 2 nitrogen and oxygen atoms in total. The van der Waals surface area contributed by atoms with Gasteiger partial charge in [-0.05, 0) is 29.0 Å². The van der Waals surface area contributed by atoms with E-state index in [1.165, 1.54) is 32.6 Å². The van der Waals surface area contributed by atoms with Crippen molar-refractivity contribution in [2.45, 2.75) is 0 Å². The minimum absolute atomic E-state index is 0.988. The third-order valence-electron chi connectivity index (χ3n) is 5.36. The van der Waals surface area contributed by atoms with Crippen LogP contribution in [0.2, 0.25) is 0 Å². The first-order valence-corrected chi connectivity index (χ1v) is 9.17. The molecule has 27 heavy (non-hydrogen) atoms. The molecule has 0 saturated carbocycles. The number of benzene rings is 4. The lowest BCUT2D eigenvalue weighted by molar-refractivity contribution is 1.18. The van der Waals surface area contributed by atoms with E-state index in [0.29, 0.717) is 0 Å². The summed E-state index contributed by atoms with van der Waals surface area (Å²) in [5.74, 6) is 0.988. The van der Waals surface area contributed by atoms with Gasteiger partial charge in [-0.1, -0.05) is 78.9 Å². The highest BCUT2D eigenvalue weighted by Crippen LogP contribution is 2.34. The van der Waals surface area contributed by atoms with E-state index in [-0.39, 0.29) is 0 Å². The summed E-state index contributed by atoms with van der Waals surface area (Å²) in [7, 11) is 0. The molecule has 0 N–H and O–H groups in total. The molecule has 6 aromatic rings. The molecule has 6 rings (SSSR count). The van der Waals surface area contributed by atoms with Gasteiger partial charge in [-0.2, -0.15) is 0 Å². The zero-order chi connectivity index (χ0) is 17.8. The van der Waals surface area contributed by atoms with Crippen LogP contribution in [0.1, 0.15) is 0 Å². The van der Waals surface area contributed by atoms with Crippen molar-refractivity contribution in [1.29, 1.82) is 0 Å². The fourth-order valence-electron chi connectivity index (χ4n) is 4.13. The van der Waals surface area contributed by atoms with Gasteiger partial charge < -0.3 is 0 Å². The molecule has 2 heterocycles. The first-order chi connectivity index (χ1) is 13.4. The molecule has 0 unspecified atom stereocenters. The number of rotatable bonds is 1. The Labute approximate surface area is 156 Å². The van der Waals surface area contributed by atoms with Crippen LogP contribution in [0.5, 0.6) is 0 Å². The van der Waals surface area contributed by atoms with Gasteiger partial charge in [0.15, 0.2) is 0 Å². The minimum Gasteiger partial charge on any atom is -0.293 e. The number of hydrogen-bond donors (Lipinski definition) is 0. The molecule has 0 saturated heterocycles. The molecule has 2 heteroatoms. The second-order valence-electron chi connectivity index (χ2n) is 6.90. The van der Waals surface area contributed by atoms with Crippen molar-refractivity contribution in [2.24, 2.45) is 0 Å². The van der Waals surface area contributed by atoms with Crippen molar-refractivity contribution in [3.8, 4) is 11.4 Å². The molecule has 0 spiro atoms. The van der Waals surface area contributed by atoms with Crippen molar-refractivity contribution in [2.75, 3.05) is 0 Å². The Hall–Kier alpha value is -3.65. The summed E-state index contributed by atoms with van der Waals surface area (Å²) in [6.07, 6.45) is 0. The van der Waals surface area contributed by atoms with Crippen LogP contribution in [0.25, 0.3) is 49.5 Å². The van der Waals surface area contributed by atoms with Gasteiger partial charge in [0, 0.05) is 16.3 Å². The van der Waals surface area contributed by atoms with Gasteiger partial charge in [0.2, 0.25) is 0 Å². The van der Waals surface area contributed by atoms with E-state index in [4.69, 9.17) is 4.98 Å². The van der Waals surface area contributed by atoms with Crippen LogP contribution < -0.4 is 0 Å². The molecule has 0 aliphatic heterocycles. The highest BCUT2D eigenvalue weighted by Gasteiger charge is 2.15. The molecule has 0 amide bonds. The number of para-hydroxylation sites is 2. The second kappa shape index (κ2) is 5.42. The maximum absolute atomic E-state index is 5.11. The monoisotopic (exact) mass is 344 g/mol. The van der Waals surface area contributed by atoms with E-state index >= 15 is 0 Å². The molecule has 126 valence electrons. The van der Waals surface area contributed by atoms with Gasteiger partial charge in [0.25, 0.3) is 0 Å². The zero-order valence-electron chi connectivity index (χ0n) is 14.6. The molecule has 0 aliphatic rings. The second-order valence-corrected chi connectivity index (χ2v) is 6.90. The topological polar surface area (TPSA) is 17.3 Å². The van der Waals surface area contributed by atoms with E-state index in [0.717, 1.165) is 16.9 Å². The van der Waals surface area contributed by atoms with Gasteiger partial charge in [0.05, 0.1) is 16.6 Å². The van der Waals surface area contributed by atoms with Crippen molar-refractivity contribution >= 4 is 38.1 Å². The largest absolute Gasteiger partial charge is 0.293 e. The van der Waals surface area contributed by atoms with E-state index < -0.39 is 0 Å². The van der Waals surface area contributed by atoms with E-state index in [1.54, 1.807) is 0 Å². The third-order valence-corrected chi connectivity index (χ3v) is 5.36. The highest BCUT2D eigenvalue weighted by molar-refractivity contribution is 6.04. The lowest BCUT2D eigenvalue weighted by Gasteiger charge is -2.12. The SMILES string of the molecule is c1ccc2c(-c3nc4ccccc4c4cc5ccccc5n34)cccc2c1. The minimum atomic E-state index is 0.988. The van der Waals surface area contributed by atoms with Gasteiger partial charge in [-0.3, -0.25) is 4.40 Å². The molecular weight excluding hydrogens is 328 g/mol. The molecule has 0 atom stereocenters. The molecule has 0 fully saturated rings. The summed E-state index contributed by atoms with van der Waals surface area (Å²) in [6, 6.07) is 34.2. The molecule has 0 aliphatic carbocycles. The quantitative estimate of drug-likeness (QED) is 0.334. The van der Waals surface area contributed by atoms with E-state index in [9.17, 15) is 0 Å². The maximum atomic E-state index is 5.11. The molecule has 2 aromatic heterocycles. The number of aromatic nitrogens is 2. The van der Waals surface area contributed by atoms with Crippen molar-refractivity contribution in [1.82, 2.24) is 9.38 Å². The van der Waals surface area contributed by atoms with E-state index in [2.05, 4.69) is 101 Å². The Morgan fingerprint density at radius 2 is 1.26 bits per heavy atom. The normalized spacial score (nSPS) is 11.7. The van der Waals surface area contributed by atoms with Crippen LogP contribution in [-0.2, 0) is 0 Å². The average Bonchev–Trinajstić information content (AvgIpc) is 3.13. The maximum Gasteiger partial charge on any atom is 0.146 e. The highest BCUT2D eigenvalue weighted by atomic mass is 15.0. The lowest BCUT2D eigenvalue weighted by atomic mass is 10.0. The van der Waals surface area contributed by atoms with Gasteiger partial charge in [0.1, 0.15) is 5.82 Å². The Morgan fingerprint density at radius 1 is 0.556 bits per heavy atom. The van der Waals surface area contributed by atoms with Crippen LogP contribution >= 0.6 is 0 Å². The summed E-state index contributed by atoms with van der Waals surface area (Å²) < 4.78 is 2.30. The van der Waals surface area contributed by atoms with Crippen molar-refractivity contribution in [3.05, 3.63) is 97.1 Å². The predicted molar refractivity (Wildman–Crippen MR) is 113 cm³/mol. The Bertz CT molecular complexity index is 1470. The summed E-state index contributed by atoms with van der Waals surface area (Å²) in [5, 5.41) is 4.87. The number of nitrogens with zero attached hydrogens (tertiary/aromatic N) is 2. The smallest absolute Gasteiger partial charge is 0.146 e. The summed E-state index contributed by atoms with van der Waals surface area (Å²) >= 11 is 0. The van der Waals surface area contributed by atoms with E-state index in [1.807, 2.05) is 0 Å². The first-order valence-electron chi connectivity index (χ1n) is 9.17. The summed E-state index contributed by atoms with van der Waals surface area (Å²) in [6.45, 7) is 0. The molecule has 4 aromatic carbocycles. The fourth-order valence-corrected chi connectivity index (χ4v) is 4.13. The standard InChI is InChI=1S/C25H16N2/c1-3-11-19-17(8-1)10-7-13-20(19)25-26-22-14-5-4-12-21(22)24-16-18-9-2-6-15-23(18)27(24)25/h1-16H. The summed E-state index contributed by atoms with van der Waals surface area (Å²) in [5.41, 5.74) is 4.57. The summed E-state index contributed by atoms with van der Waals surface area (Å²) in [4.78, 5) is 5.11. The van der Waals surface area contributed by atoms with Crippen molar-refractivity contribution < 1.29 is 0 Å². The van der Waals surface area contributed by atoms with Crippen LogP contribution in [0.3, 0.4) is 0 Å². The zero-order valence-corrected chi connectivity index (χ0v) is 14.6. The fraction of sp³-hybridized carbons (Fsp3) is 0. The predicted octanol–water partition coefficient (Wildman–Crippen LogP) is 6.46. The molecular formula is C25H16N2. The molecule has 0 radical (unpaired) electrons. The Balaban J connectivity index is 1.88. The number of fused-ring (bicyclic) bond motifs is 6. The van der Waals surface area contributed by atoms with Crippen LogP contribution in [0.4, 0.5) is 0 Å². The van der Waals surface area contributed by atoms with Crippen LogP contribution in [-0.4, -0.2) is 9.38 Å². The third kappa shape index (κ3) is 2.04. The van der Waals surface area contributed by atoms with Gasteiger partial charge in [-0.15, -0.1) is 0 Å². The number of hydrogen-bond acceptors (Lipinski definition) is 1. The van der Waals surface area contributed by atoms with Gasteiger partial charge in [-0.25, -0.2) is 4.98 Å².